The molecule has 19 nitrogen and oxygen atoms in total. The van der Waals surface area contributed by atoms with Crippen molar-refractivity contribution < 1.29 is 89.4 Å². The zero-order chi connectivity index (χ0) is 72.5. The maximum atomic E-state index is 13.5. The number of amides is 1. The molecule has 3 aliphatic rings. The first kappa shape index (κ1) is 91.2. The second kappa shape index (κ2) is 61.2. The van der Waals surface area contributed by atoms with Crippen molar-refractivity contribution in [1.82, 2.24) is 5.32 Å². The van der Waals surface area contributed by atoms with Crippen LogP contribution in [0.2, 0.25) is 0 Å². The van der Waals surface area contributed by atoms with E-state index in [4.69, 9.17) is 28.4 Å². The van der Waals surface area contributed by atoms with Gasteiger partial charge in [-0.25, -0.2) is 0 Å². The Kier molecular flexibility index (Phi) is 55.8. The molecular formula is C81H143NO18. The van der Waals surface area contributed by atoms with Gasteiger partial charge in [-0.15, -0.1) is 0 Å². The van der Waals surface area contributed by atoms with Gasteiger partial charge in [-0.2, -0.15) is 0 Å². The van der Waals surface area contributed by atoms with Crippen molar-refractivity contribution in [3.8, 4) is 0 Å². The van der Waals surface area contributed by atoms with E-state index in [9.17, 15) is 61.0 Å². The Hall–Kier alpha value is -3.03. The van der Waals surface area contributed by atoms with Crippen molar-refractivity contribution in [1.29, 1.82) is 0 Å². The highest BCUT2D eigenvalue weighted by Gasteiger charge is 2.54. The van der Waals surface area contributed by atoms with E-state index in [1.54, 1.807) is 0 Å². The number of hydrogen-bond donors (Lipinski definition) is 12. The lowest BCUT2D eigenvalue weighted by molar-refractivity contribution is -0.379. The van der Waals surface area contributed by atoms with Crippen LogP contribution in [-0.2, 0) is 33.2 Å². The summed E-state index contributed by atoms with van der Waals surface area (Å²) in [6.07, 6.45) is 53.7. The van der Waals surface area contributed by atoms with E-state index in [0.29, 0.717) is 12.8 Å². The molecule has 0 radical (unpaired) electrons. The van der Waals surface area contributed by atoms with Crippen LogP contribution in [0.5, 0.6) is 0 Å². The summed E-state index contributed by atoms with van der Waals surface area (Å²) in [6.45, 7) is 1.70. The molecule has 0 aromatic rings. The van der Waals surface area contributed by atoms with Gasteiger partial charge >= 0.3 is 0 Å². The van der Waals surface area contributed by atoms with E-state index in [1.165, 1.54) is 141 Å². The summed E-state index contributed by atoms with van der Waals surface area (Å²) in [5.41, 5.74) is 0. The third kappa shape index (κ3) is 41.0. The highest BCUT2D eigenvalue weighted by Crippen LogP contribution is 2.33. The summed E-state index contributed by atoms with van der Waals surface area (Å²) in [4.78, 5) is 13.5. The van der Waals surface area contributed by atoms with Crippen LogP contribution in [0.25, 0.3) is 0 Å². The number of carbonyl (C=O) groups is 1. The van der Waals surface area contributed by atoms with E-state index >= 15 is 0 Å². The number of rotatable bonds is 62. The molecule has 3 heterocycles. The lowest BCUT2D eigenvalue weighted by Crippen LogP contribution is -2.66. The van der Waals surface area contributed by atoms with E-state index in [1.807, 2.05) is 0 Å². The van der Waals surface area contributed by atoms with Gasteiger partial charge in [0.25, 0.3) is 0 Å². The molecule has 0 bridgehead atoms. The Bertz CT molecular complexity index is 2140. The second-order valence-corrected chi connectivity index (χ2v) is 28.2. The summed E-state index contributed by atoms with van der Waals surface area (Å²) >= 11 is 0. The predicted molar refractivity (Wildman–Crippen MR) is 397 cm³/mol. The molecule has 1 amide bonds. The Morgan fingerprint density at radius 1 is 0.370 bits per heavy atom. The van der Waals surface area contributed by atoms with Crippen molar-refractivity contribution in [2.75, 3.05) is 26.4 Å². The molecule has 100 heavy (non-hydrogen) atoms. The molecule has 3 aliphatic heterocycles. The molecule has 3 fully saturated rings. The van der Waals surface area contributed by atoms with E-state index in [0.717, 1.165) is 116 Å². The van der Waals surface area contributed by atoms with Crippen molar-refractivity contribution in [2.45, 2.75) is 394 Å². The first-order chi connectivity index (χ1) is 48.8. The molecule has 0 saturated carbocycles. The highest BCUT2D eigenvalue weighted by atomic mass is 16.8. The van der Waals surface area contributed by atoms with E-state index in [2.05, 4.69) is 104 Å². The van der Waals surface area contributed by atoms with Crippen LogP contribution in [0.15, 0.2) is 85.1 Å². The first-order valence-corrected chi connectivity index (χ1v) is 39.8. The molecular weight excluding hydrogens is 1270 g/mol. The largest absolute Gasteiger partial charge is 0.394 e. The molecule has 0 aromatic heterocycles. The maximum absolute atomic E-state index is 13.5. The van der Waals surface area contributed by atoms with Crippen LogP contribution in [0.1, 0.15) is 290 Å². The Morgan fingerprint density at radius 3 is 1.08 bits per heavy atom. The topological polar surface area (TPSA) is 307 Å². The monoisotopic (exact) mass is 1420 g/mol. The fourth-order valence-electron chi connectivity index (χ4n) is 13.1. The van der Waals surface area contributed by atoms with Gasteiger partial charge in [0.05, 0.1) is 38.6 Å². The van der Waals surface area contributed by atoms with Crippen LogP contribution < -0.4 is 5.32 Å². The lowest BCUT2D eigenvalue weighted by Gasteiger charge is -2.48. The molecule has 580 valence electrons. The average Bonchev–Trinajstić information content (AvgIpc) is 0.783. The number of aliphatic hydroxyl groups is 11. The van der Waals surface area contributed by atoms with E-state index < -0.39 is 124 Å². The summed E-state index contributed by atoms with van der Waals surface area (Å²) in [5.74, 6) is -0.254. The molecule has 0 aromatic carbocycles. The minimum absolute atomic E-state index is 0.249. The fraction of sp³-hybridized carbons (Fsp3) is 0.815. The molecule has 3 rings (SSSR count). The summed E-state index contributed by atoms with van der Waals surface area (Å²) in [7, 11) is 0. The zero-order valence-corrected chi connectivity index (χ0v) is 61.9. The number of nitrogens with one attached hydrogen (secondary N) is 1. The standard InChI is InChI=1S/C81H143NO18/c1-3-5-7-9-11-13-15-17-19-21-23-25-27-29-31-32-33-35-37-39-41-43-45-47-49-51-53-55-57-59-69(87)82-64(65(86)58-56-54-52-50-48-46-44-42-40-38-36-34-30-28-26-24-22-20-18-16-14-12-10-8-6-4-2)63-95-79-75(93)72(90)77(67(61-84)97-79)100-81-76(94)73(91)78(68(62-85)98-81)99-80-74(92)71(89)70(88)66(60-83)96-80/h5,7,11,13,17,19,23,25,29,31,33,35,39,41,64-68,70-81,83-86,88-94H,3-4,6,8-10,12,14-16,18,20-22,24,26-28,30,32,34,36-38,40,42-63H2,1-2H3,(H,82,87)/b7-5-,13-11-,19-17-,25-23-,31-29-,35-33-,41-39-. The Morgan fingerprint density at radius 2 is 0.690 bits per heavy atom. The Labute approximate surface area is 603 Å². The average molecular weight is 1420 g/mol. The number of carbonyl (C=O) groups excluding carboxylic acids is 1. The third-order valence-corrected chi connectivity index (χ3v) is 19.5. The smallest absolute Gasteiger partial charge is 0.220 e. The normalized spacial score (nSPS) is 26.9. The second-order valence-electron chi connectivity index (χ2n) is 28.2. The van der Waals surface area contributed by atoms with Gasteiger partial charge < -0.3 is 89.9 Å². The highest BCUT2D eigenvalue weighted by molar-refractivity contribution is 5.76. The van der Waals surface area contributed by atoms with Crippen LogP contribution >= 0.6 is 0 Å². The number of allylic oxidation sites excluding steroid dienone is 14. The molecule has 0 spiro atoms. The fourth-order valence-corrected chi connectivity index (χ4v) is 13.1. The summed E-state index contributed by atoms with van der Waals surface area (Å²) in [5, 5.41) is 121. The number of aliphatic hydroxyl groups excluding tert-OH is 11. The summed E-state index contributed by atoms with van der Waals surface area (Å²) in [6, 6.07) is -0.901. The lowest BCUT2D eigenvalue weighted by atomic mass is 9.96. The molecule has 0 aliphatic carbocycles. The Balaban J connectivity index is 1.39. The van der Waals surface area contributed by atoms with Gasteiger partial charge in [0.15, 0.2) is 18.9 Å². The minimum atomic E-state index is -1.98. The van der Waals surface area contributed by atoms with Gasteiger partial charge in [0, 0.05) is 6.42 Å². The van der Waals surface area contributed by atoms with Gasteiger partial charge in [0.1, 0.15) is 73.2 Å². The predicted octanol–water partition coefficient (Wildman–Crippen LogP) is 13.0. The zero-order valence-electron chi connectivity index (χ0n) is 61.9. The van der Waals surface area contributed by atoms with Gasteiger partial charge in [-0.3, -0.25) is 4.79 Å². The number of unbranched alkanes of at least 4 members (excludes halogenated alkanes) is 32. The molecule has 3 saturated heterocycles. The van der Waals surface area contributed by atoms with Crippen LogP contribution in [0.4, 0.5) is 0 Å². The molecule has 19 heteroatoms. The van der Waals surface area contributed by atoms with Crippen molar-refractivity contribution in [2.24, 2.45) is 0 Å². The third-order valence-electron chi connectivity index (χ3n) is 19.5. The van der Waals surface area contributed by atoms with Crippen LogP contribution in [0.3, 0.4) is 0 Å². The maximum Gasteiger partial charge on any atom is 0.220 e. The minimum Gasteiger partial charge on any atom is -0.394 e. The van der Waals surface area contributed by atoms with Crippen LogP contribution in [-0.4, -0.2) is 193 Å². The van der Waals surface area contributed by atoms with Crippen molar-refractivity contribution in [3.05, 3.63) is 85.1 Å². The van der Waals surface area contributed by atoms with Gasteiger partial charge in [0.2, 0.25) is 5.91 Å². The van der Waals surface area contributed by atoms with Crippen molar-refractivity contribution >= 4 is 5.91 Å². The van der Waals surface area contributed by atoms with Crippen LogP contribution in [0, 0.1) is 0 Å². The first-order valence-electron chi connectivity index (χ1n) is 39.8. The van der Waals surface area contributed by atoms with E-state index in [-0.39, 0.29) is 18.9 Å². The van der Waals surface area contributed by atoms with Gasteiger partial charge in [-0.1, -0.05) is 298 Å². The number of ether oxygens (including phenoxy) is 6. The SMILES string of the molecule is CC/C=C\C/C=C\C/C=C\C/C=C\C/C=C\C/C=C\C/C=C\CCCCCCCCCC(=O)NC(COC1OC(CO)C(OC2OC(CO)C(OC3OC(CO)C(O)C(O)C3O)C(O)C2O)C(O)C1O)C(O)CCCCCCCCCCCCCCCCCCCCCCCCCCCC. The quantitative estimate of drug-likeness (QED) is 0.0199. The molecule has 17 unspecified atom stereocenters. The molecule has 12 N–H and O–H groups in total. The summed E-state index contributed by atoms with van der Waals surface area (Å²) < 4.78 is 34.5. The molecule has 17 atom stereocenters. The van der Waals surface area contributed by atoms with Gasteiger partial charge in [-0.05, 0) is 70.6 Å². The van der Waals surface area contributed by atoms with Crippen molar-refractivity contribution in [3.63, 3.8) is 0 Å². The number of hydrogen-bond acceptors (Lipinski definition) is 18.